The first-order valence-electron chi connectivity index (χ1n) is 6.18. The van der Waals surface area contributed by atoms with Crippen molar-refractivity contribution in [2.24, 2.45) is 11.7 Å². The average Bonchev–Trinajstić information content (AvgIpc) is 2.42. The van der Waals surface area contributed by atoms with E-state index in [1.165, 1.54) is 0 Å². The minimum absolute atomic E-state index is 0.176. The molecule has 1 aromatic carbocycles. The normalized spacial score (nSPS) is 13.6. The second-order valence-electron chi connectivity index (χ2n) is 4.53. The Bertz CT molecular complexity index is 419. The molecule has 0 amide bonds. The Kier molecular flexibility index (Phi) is 6.02. The molecular formula is C14H19NO4. The molecule has 0 saturated carbocycles. The molecule has 3 N–H and O–H groups in total. The fourth-order valence-corrected chi connectivity index (χ4v) is 1.58. The molecule has 0 aliphatic heterocycles. The highest BCUT2D eigenvalue weighted by atomic mass is 16.5. The molecule has 0 radical (unpaired) electrons. The molecule has 19 heavy (non-hydrogen) atoms. The van der Waals surface area contributed by atoms with E-state index in [4.69, 9.17) is 15.6 Å². The molecule has 5 heteroatoms. The van der Waals surface area contributed by atoms with Crippen molar-refractivity contribution in [2.45, 2.75) is 32.4 Å². The highest BCUT2D eigenvalue weighted by molar-refractivity contribution is 5.74. The van der Waals surface area contributed by atoms with Crippen LogP contribution in [0.3, 0.4) is 0 Å². The first kappa shape index (κ1) is 15.2. The maximum atomic E-state index is 11.5. The van der Waals surface area contributed by atoms with Gasteiger partial charge in [-0.3, -0.25) is 9.59 Å². The van der Waals surface area contributed by atoms with E-state index in [2.05, 4.69) is 0 Å². The predicted octanol–water partition coefficient (Wildman–Crippen LogP) is 1.56. The van der Waals surface area contributed by atoms with Crippen LogP contribution in [0.4, 0.5) is 0 Å². The molecule has 0 fully saturated rings. The van der Waals surface area contributed by atoms with Gasteiger partial charge in [0.05, 0.1) is 0 Å². The van der Waals surface area contributed by atoms with Crippen LogP contribution in [0.2, 0.25) is 0 Å². The van der Waals surface area contributed by atoms with Gasteiger partial charge in [0.25, 0.3) is 0 Å². The van der Waals surface area contributed by atoms with Gasteiger partial charge in [0.15, 0.2) is 0 Å². The molecule has 2 atom stereocenters. The Morgan fingerprint density at radius 1 is 1.32 bits per heavy atom. The monoisotopic (exact) mass is 265 g/mol. The summed E-state index contributed by atoms with van der Waals surface area (Å²) in [6.45, 7) is 1.95. The van der Waals surface area contributed by atoms with Crippen LogP contribution in [0.15, 0.2) is 30.3 Å². The van der Waals surface area contributed by atoms with E-state index in [-0.39, 0.29) is 24.9 Å². The van der Waals surface area contributed by atoms with Crippen LogP contribution >= 0.6 is 0 Å². The lowest BCUT2D eigenvalue weighted by molar-refractivity contribution is -0.146. The Morgan fingerprint density at radius 3 is 2.53 bits per heavy atom. The highest BCUT2D eigenvalue weighted by Gasteiger charge is 2.20. The summed E-state index contributed by atoms with van der Waals surface area (Å²) in [5, 5.41) is 8.73. The van der Waals surface area contributed by atoms with Crippen molar-refractivity contribution < 1.29 is 19.4 Å². The van der Waals surface area contributed by atoms with Crippen LogP contribution in [0, 0.1) is 5.92 Å². The van der Waals surface area contributed by atoms with Crippen molar-refractivity contribution in [1.82, 2.24) is 0 Å². The van der Waals surface area contributed by atoms with Crippen molar-refractivity contribution in [2.75, 3.05) is 0 Å². The van der Waals surface area contributed by atoms with Crippen LogP contribution in [-0.4, -0.2) is 23.1 Å². The van der Waals surface area contributed by atoms with Crippen LogP contribution in [0.1, 0.15) is 25.3 Å². The predicted molar refractivity (Wildman–Crippen MR) is 70.2 cm³/mol. The summed E-state index contributed by atoms with van der Waals surface area (Å²) in [4.78, 5) is 22.2. The smallest absolute Gasteiger partial charge is 0.320 e. The summed E-state index contributed by atoms with van der Waals surface area (Å²) in [5.74, 6) is -1.65. The third kappa shape index (κ3) is 5.52. The molecular weight excluding hydrogens is 246 g/mol. The first-order valence-corrected chi connectivity index (χ1v) is 6.18. The quantitative estimate of drug-likeness (QED) is 0.730. The molecule has 0 aliphatic rings. The minimum Gasteiger partial charge on any atom is -0.480 e. The number of carbonyl (C=O) groups is 2. The molecule has 0 aliphatic carbocycles. The lowest BCUT2D eigenvalue weighted by atomic mass is 9.97. The van der Waals surface area contributed by atoms with Gasteiger partial charge in [-0.2, -0.15) is 0 Å². The van der Waals surface area contributed by atoms with Gasteiger partial charge >= 0.3 is 11.9 Å². The maximum Gasteiger partial charge on any atom is 0.320 e. The molecule has 0 aromatic heterocycles. The zero-order valence-corrected chi connectivity index (χ0v) is 10.9. The Morgan fingerprint density at radius 2 is 1.95 bits per heavy atom. The van der Waals surface area contributed by atoms with Gasteiger partial charge in [-0.05, 0) is 17.9 Å². The third-order valence-corrected chi connectivity index (χ3v) is 2.94. The lowest BCUT2D eigenvalue weighted by Gasteiger charge is -2.15. The van der Waals surface area contributed by atoms with Gasteiger partial charge in [-0.1, -0.05) is 37.3 Å². The first-order chi connectivity index (χ1) is 9.00. The zero-order chi connectivity index (χ0) is 14.3. The van der Waals surface area contributed by atoms with Gasteiger partial charge in [-0.15, -0.1) is 0 Å². The number of benzene rings is 1. The van der Waals surface area contributed by atoms with Crippen LogP contribution in [0.25, 0.3) is 0 Å². The van der Waals surface area contributed by atoms with E-state index in [0.29, 0.717) is 6.42 Å². The summed E-state index contributed by atoms with van der Waals surface area (Å²) in [5.41, 5.74) is 6.38. The second-order valence-corrected chi connectivity index (χ2v) is 4.53. The minimum atomic E-state index is -1.05. The summed E-state index contributed by atoms with van der Waals surface area (Å²) >= 11 is 0. The summed E-state index contributed by atoms with van der Waals surface area (Å²) in [7, 11) is 0. The van der Waals surface area contributed by atoms with E-state index in [0.717, 1.165) is 5.56 Å². The van der Waals surface area contributed by atoms with Gasteiger partial charge in [0, 0.05) is 6.42 Å². The molecule has 0 bridgehead atoms. The summed E-state index contributed by atoms with van der Waals surface area (Å²) in [6, 6.07) is 8.43. The van der Waals surface area contributed by atoms with Crippen LogP contribution < -0.4 is 5.73 Å². The molecule has 104 valence electrons. The summed E-state index contributed by atoms with van der Waals surface area (Å²) in [6.07, 6.45) is 0.579. The van der Waals surface area contributed by atoms with Crippen molar-refractivity contribution in [3.8, 4) is 0 Å². The molecule has 0 heterocycles. The Balaban J connectivity index is 2.27. The molecule has 1 aromatic rings. The number of esters is 1. The molecule has 5 nitrogen and oxygen atoms in total. The SMILES string of the molecule is C[C@@H](CCC(=O)OCc1ccccc1)[C@H](N)C(=O)O. The number of hydrogen-bond donors (Lipinski definition) is 2. The van der Waals surface area contributed by atoms with E-state index in [9.17, 15) is 9.59 Å². The van der Waals surface area contributed by atoms with Crippen molar-refractivity contribution >= 4 is 11.9 Å². The van der Waals surface area contributed by atoms with Crippen molar-refractivity contribution in [1.29, 1.82) is 0 Å². The zero-order valence-electron chi connectivity index (χ0n) is 10.9. The number of carboxylic acids is 1. The van der Waals surface area contributed by atoms with Crippen LogP contribution in [0.5, 0.6) is 0 Å². The van der Waals surface area contributed by atoms with Gasteiger partial charge in [-0.25, -0.2) is 0 Å². The number of aliphatic carboxylic acids is 1. The number of hydrogen-bond acceptors (Lipinski definition) is 4. The number of carbonyl (C=O) groups excluding carboxylic acids is 1. The Labute approximate surface area is 112 Å². The van der Waals surface area contributed by atoms with Gasteiger partial charge < -0.3 is 15.6 Å². The molecule has 0 spiro atoms. The van der Waals surface area contributed by atoms with Gasteiger partial charge in [0.1, 0.15) is 12.6 Å². The van der Waals surface area contributed by atoms with E-state index in [1.54, 1.807) is 6.92 Å². The fraction of sp³-hybridized carbons (Fsp3) is 0.429. The van der Waals surface area contributed by atoms with E-state index >= 15 is 0 Å². The van der Waals surface area contributed by atoms with E-state index < -0.39 is 12.0 Å². The molecule has 0 saturated heterocycles. The topological polar surface area (TPSA) is 89.6 Å². The van der Waals surface area contributed by atoms with E-state index in [1.807, 2.05) is 30.3 Å². The van der Waals surface area contributed by atoms with Crippen molar-refractivity contribution in [3.05, 3.63) is 35.9 Å². The largest absolute Gasteiger partial charge is 0.480 e. The number of ether oxygens (including phenoxy) is 1. The highest BCUT2D eigenvalue weighted by Crippen LogP contribution is 2.11. The van der Waals surface area contributed by atoms with Gasteiger partial charge in [0.2, 0.25) is 0 Å². The third-order valence-electron chi connectivity index (χ3n) is 2.94. The molecule has 1 rings (SSSR count). The number of nitrogens with two attached hydrogens (primary N) is 1. The number of rotatable bonds is 7. The number of carboxylic acid groups (broad SMARTS) is 1. The maximum absolute atomic E-state index is 11.5. The molecule has 0 unspecified atom stereocenters. The second kappa shape index (κ2) is 7.53. The standard InChI is InChI=1S/C14H19NO4/c1-10(13(15)14(17)18)7-8-12(16)19-9-11-5-3-2-4-6-11/h2-6,10,13H,7-9,15H2,1H3,(H,17,18)/t10-,13-/m0/s1. The van der Waals surface area contributed by atoms with Crippen LogP contribution in [-0.2, 0) is 20.9 Å². The Hall–Kier alpha value is -1.88. The summed E-state index contributed by atoms with van der Waals surface area (Å²) < 4.78 is 5.09. The van der Waals surface area contributed by atoms with Crippen molar-refractivity contribution in [3.63, 3.8) is 0 Å². The fourth-order valence-electron chi connectivity index (χ4n) is 1.58. The average molecular weight is 265 g/mol. The lowest BCUT2D eigenvalue weighted by Crippen LogP contribution is -2.36.